The number of hydrogen-bond donors (Lipinski definition) is 2. The summed E-state index contributed by atoms with van der Waals surface area (Å²) in [5.74, 6) is 0. The minimum atomic E-state index is -4.52. The Morgan fingerprint density at radius 1 is 0.750 bits per heavy atom. The topological polar surface area (TPSA) is 116 Å². The molecular weight excluding hydrogens is 378 g/mol. The van der Waals surface area contributed by atoms with E-state index in [4.69, 9.17) is 0 Å². The number of hydrogen-bond acceptors (Lipinski definition) is 7. The van der Waals surface area contributed by atoms with E-state index in [1.807, 2.05) is 30.3 Å². The molecule has 3 rings (SSSR count). The number of nitrogens with one attached hydrogen (secondary N) is 1. The van der Waals surface area contributed by atoms with E-state index in [1.54, 1.807) is 37.4 Å². The molecule has 0 atom stereocenters. The summed E-state index contributed by atoms with van der Waals surface area (Å²) in [6.45, 7) is 0. The van der Waals surface area contributed by atoms with Crippen molar-refractivity contribution in [1.29, 1.82) is 0 Å². The van der Waals surface area contributed by atoms with Gasteiger partial charge in [0.15, 0.2) is 0 Å². The SMILES string of the molecule is CNc1ccc(N=Nc2ccc(N=Nc3ccccc3)cc2S(=O)(=O)O)cc1. The third kappa shape index (κ3) is 5.06. The Labute approximate surface area is 162 Å². The highest BCUT2D eigenvalue weighted by molar-refractivity contribution is 7.86. The Morgan fingerprint density at radius 3 is 1.96 bits per heavy atom. The largest absolute Gasteiger partial charge is 0.388 e. The summed E-state index contributed by atoms with van der Waals surface area (Å²) in [7, 11) is -2.72. The van der Waals surface area contributed by atoms with Crippen molar-refractivity contribution >= 4 is 38.6 Å². The van der Waals surface area contributed by atoms with Crippen molar-refractivity contribution in [2.24, 2.45) is 20.5 Å². The maximum absolute atomic E-state index is 11.7. The standard InChI is InChI=1S/C19H17N5O3S/c1-20-14-7-9-16(10-8-14)22-24-18-12-11-17(13-19(18)28(25,26)27)23-21-15-5-3-2-4-6-15/h2-13,20H,1H3,(H,25,26,27). The fraction of sp³-hybridized carbons (Fsp3) is 0.0526. The summed E-state index contributed by atoms with van der Waals surface area (Å²) in [6, 6.07) is 20.2. The summed E-state index contributed by atoms with van der Waals surface area (Å²) < 4.78 is 33.0. The number of rotatable bonds is 6. The van der Waals surface area contributed by atoms with Gasteiger partial charge >= 0.3 is 0 Å². The Kier molecular flexibility index (Phi) is 5.87. The van der Waals surface area contributed by atoms with Crippen molar-refractivity contribution in [3.8, 4) is 0 Å². The average Bonchev–Trinajstić information content (AvgIpc) is 2.71. The van der Waals surface area contributed by atoms with Crippen molar-refractivity contribution in [3.05, 3.63) is 72.8 Å². The molecule has 0 amide bonds. The predicted molar refractivity (Wildman–Crippen MR) is 107 cm³/mol. The first kappa shape index (κ1) is 19.3. The van der Waals surface area contributed by atoms with Crippen LogP contribution >= 0.6 is 0 Å². The Balaban J connectivity index is 1.90. The zero-order chi connectivity index (χ0) is 20.0. The molecule has 0 fully saturated rings. The van der Waals surface area contributed by atoms with Crippen molar-refractivity contribution < 1.29 is 13.0 Å². The zero-order valence-corrected chi connectivity index (χ0v) is 15.7. The second-order valence-electron chi connectivity index (χ2n) is 5.66. The van der Waals surface area contributed by atoms with E-state index < -0.39 is 15.0 Å². The van der Waals surface area contributed by atoms with Gasteiger partial charge in [0, 0.05) is 12.7 Å². The fourth-order valence-electron chi connectivity index (χ4n) is 2.27. The minimum absolute atomic E-state index is 0.00106. The molecule has 3 aromatic carbocycles. The van der Waals surface area contributed by atoms with E-state index in [-0.39, 0.29) is 11.4 Å². The number of azo groups is 2. The quantitative estimate of drug-likeness (QED) is 0.405. The molecule has 142 valence electrons. The summed E-state index contributed by atoms with van der Waals surface area (Å²) in [5.41, 5.74) is 2.32. The first-order valence-electron chi connectivity index (χ1n) is 8.23. The number of benzene rings is 3. The third-order valence-electron chi connectivity index (χ3n) is 3.69. The van der Waals surface area contributed by atoms with Crippen LogP contribution < -0.4 is 5.32 Å². The molecular formula is C19H17N5O3S. The maximum Gasteiger partial charge on any atom is 0.296 e. The monoisotopic (exact) mass is 395 g/mol. The Hall–Kier alpha value is -3.43. The van der Waals surface area contributed by atoms with Gasteiger partial charge < -0.3 is 5.32 Å². The van der Waals surface area contributed by atoms with Gasteiger partial charge in [-0.2, -0.15) is 23.8 Å². The van der Waals surface area contributed by atoms with Crippen molar-refractivity contribution in [2.75, 3.05) is 12.4 Å². The molecule has 0 aliphatic rings. The van der Waals surface area contributed by atoms with Gasteiger partial charge in [-0.05, 0) is 54.6 Å². The van der Waals surface area contributed by atoms with Crippen LogP contribution in [0, 0.1) is 0 Å². The molecule has 0 bridgehead atoms. The molecule has 8 nitrogen and oxygen atoms in total. The molecule has 0 saturated heterocycles. The van der Waals surface area contributed by atoms with Crippen LogP contribution in [0.2, 0.25) is 0 Å². The van der Waals surface area contributed by atoms with E-state index >= 15 is 0 Å². The average molecular weight is 395 g/mol. The highest BCUT2D eigenvalue weighted by Gasteiger charge is 2.16. The molecule has 0 radical (unpaired) electrons. The first-order chi connectivity index (χ1) is 13.5. The van der Waals surface area contributed by atoms with Gasteiger partial charge in [0.25, 0.3) is 10.1 Å². The number of nitrogens with zero attached hydrogens (tertiary/aromatic N) is 4. The van der Waals surface area contributed by atoms with E-state index in [1.165, 1.54) is 12.1 Å². The van der Waals surface area contributed by atoms with E-state index in [0.717, 1.165) is 5.69 Å². The van der Waals surface area contributed by atoms with E-state index in [9.17, 15) is 13.0 Å². The van der Waals surface area contributed by atoms with Gasteiger partial charge in [0.05, 0.1) is 17.1 Å². The van der Waals surface area contributed by atoms with Crippen LogP contribution in [-0.4, -0.2) is 20.0 Å². The summed E-state index contributed by atoms with van der Waals surface area (Å²) in [5, 5.41) is 19.0. The maximum atomic E-state index is 11.7. The second kappa shape index (κ2) is 8.51. The lowest BCUT2D eigenvalue weighted by molar-refractivity contribution is 0.483. The fourth-order valence-corrected chi connectivity index (χ4v) is 2.91. The van der Waals surface area contributed by atoms with Gasteiger partial charge in [-0.3, -0.25) is 4.55 Å². The summed E-state index contributed by atoms with van der Waals surface area (Å²) in [6.07, 6.45) is 0. The Bertz CT molecular complexity index is 1110. The first-order valence-corrected chi connectivity index (χ1v) is 9.67. The van der Waals surface area contributed by atoms with Gasteiger partial charge in [-0.1, -0.05) is 18.2 Å². The van der Waals surface area contributed by atoms with Crippen LogP contribution in [0.25, 0.3) is 0 Å². The van der Waals surface area contributed by atoms with Crippen LogP contribution in [0.3, 0.4) is 0 Å². The number of anilines is 1. The highest BCUT2D eigenvalue weighted by Crippen LogP contribution is 2.31. The zero-order valence-electron chi connectivity index (χ0n) is 14.9. The minimum Gasteiger partial charge on any atom is -0.388 e. The smallest absolute Gasteiger partial charge is 0.296 e. The lowest BCUT2D eigenvalue weighted by atomic mass is 10.3. The molecule has 3 aromatic rings. The molecule has 0 unspecified atom stereocenters. The summed E-state index contributed by atoms with van der Waals surface area (Å²) >= 11 is 0. The van der Waals surface area contributed by atoms with E-state index in [0.29, 0.717) is 11.4 Å². The van der Waals surface area contributed by atoms with Crippen molar-refractivity contribution in [1.82, 2.24) is 0 Å². The predicted octanol–water partition coefficient (Wildman–Crippen LogP) is 5.81. The molecule has 2 N–H and O–H groups in total. The lowest BCUT2D eigenvalue weighted by Crippen LogP contribution is -1.98. The van der Waals surface area contributed by atoms with Crippen LogP contribution in [0.5, 0.6) is 0 Å². The molecule has 28 heavy (non-hydrogen) atoms. The normalized spacial score (nSPS) is 11.9. The molecule has 0 saturated carbocycles. The van der Waals surface area contributed by atoms with Crippen LogP contribution in [0.15, 0.2) is 98.1 Å². The second-order valence-corrected chi connectivity index (χ2v) is 7.05. The molecule has 9 heteroatoms. The highest BCUT2D eigenvalue weighted by atomic mass is 32.2. The van der Waals surface area contributed by atoms with Crippen LogP contribution in [-0.2, 0) is 10.1 Å². The molecule has 0 heterocycles. The van der Waals surface area contributed by atoms with Crippen LogP contribution in [0.4, 0.5) is 28.4 Å². The third-order valence-corrected chi connectivity index (χ3v) is 4.57. The van der Waals surface area contributed by atoms with Crippen molar-refractivity contribution in [2.45, 2.75) is 4.90 Å². The van der Waals surface area contributed by atoms with Gasteiger partial charge in [0.1, 0.15) is 10.6 Å². The summed E-state index contributed by atoms with van der Waals surface area (Å²) in [4.78, 5) is -0.396. The van der Waals surface area contributed by atoms with Gasteiger partial charge in [-0.15, -0.1) is 5.11 Å². The van der Waals surface area contributed by atoms with Crippen molar-refractivity contribution in [3.63, 3.8) is 0 Å². The van der Waals surface area contributed by atoms with Gasteiger partial charge in [-0.25, -0.2) is 0 Å². The Morgan fingerprint density at radius 2 is 1.32 bits per heavy atom. The molecule has 0 aliphatic heterocycles. The van der Waals surface area contributed by atoms with Crippen LogP contribution in [0.1, 0.15) is 0 Å². The van der Waals surface area contributed by atoms with Gasteiger partial charge in [0.2, 0.25) is 0 Å². The molecule has 0 spiro atoms. The molecule has 0 aliphatic carbocycles. The van der Waals surface area contributed by atoms with E-state index in [2.05, 4.69) is 25.8 Å². The molecule has 0 aromatic heterocycles. The lowest BCUT2D eigenvalue weighted by Gasteiger charge is -2.03.